The molecule has 0 N–H and O–H groups in total. The molecule has 2 aromatic heterocycles. The molecular weight excluding hydrogens is 360 g/mol. The smallest absolute Gasteiger partial charge is 0.409 e. The van der Waals surface area contributed by atoms with Gasteiger partial charge >= 0.3 is 12.1 Å². The summed E-state index contributed by atoms with van der Waals surface area (Å²) in [6.45, 7) is 8.76. The molecule has 0 atom stereocenters. The monoisotopic (exact) mass is 384 g/mol. The van der Waals surface area contributed by atoms with Crippen LogP contribution in [-0.2, 0) is 4.74 Å². The molecule has 1 aliphatic rings. The Labute approximate surface area is 162 Å². The average Bonchev–Trinajstić information content (AvgIpc) is 3.35. The second kappa shape index (κ2) is 7.49. The van der Waals surface area contributed by atoms with Gasteiger partial charge in [0.1, 0.15) is 0 Å². The predicted molar refractivity (Wildman–Crippen MR) is 104 cm³/mol. The van der Waals surface area contributed by atoms with Crippen LogP contribution in [0.1, 0.15) is 26.8 Å². The molecule has 1 aliphatic heterocycles. The van der Waals surface area contributed by atoms with Gasteiger partial charge in [-0.15, -0.1) is 0 Å². The number of anilines is 1. The van der Waals surface area contributed by atoms with Gasteiger partial charge in [0.25, 0.3) is 0 Å². The van der Waals surface area contributed by atoms with E-state index in [0.717, 1.165) is 16.5 Å². The highest BCUT2D eigenvalue weighted by Crippen LogP contribution is 2.26. The van der Waals surface area contributed by atoms with Gasteiger partial charge in [0, 0.05) is 43.2 Å². The second-order valence-corrected chi connectivity index (χ2v) is 7.03. The van der Waals surface area contributed by atoms with Gasteiger partial charge in [0.2, 0.25) is 5.82 Å². The number of carbonyl (C=O) groups is 1. The molecule has 9 nitrogen and oxygen atoms in total. The van der Waals surface area contributed by atoms with E-state index in [2.05, 4.69) is 29.1 Å². The zero-order valence-electron chi connectivity index (χ0n) is 16.3. The maximum atomic E-state index is 11.8. The van der Waals surface area contributed by atoms with Crippen molar-refractivity contribution in [2.45, 2.75) is 26.8 Å². The number of fused-ring (bicyclic) bond motifs is 1. The van der Waals surface area contributed by atoms with Crippen LogP contribution in [-0.4, -0.2) is 63.7 Å². The fraction of sp³-hybridized carbons (Fsp3) is 0.474. The molecule has 1 aromatic carbocycles. The number of carbonyl (C=O) groups excluding carboxylic acids is 1. The summed E-state index contributed by atoms with van der Waals surface area (Å²) in [5, 5.41) is 9.67. The number of amides is 1. The minimum atomic E-state index is -0.275. The Morgan fingerprint density at radius 2 is 2.04 bits per heavy atom. The Hall–Kier alpha value is -3.10. The molecular formula is C19H24N6O3. The van der Waals surface area contributed by atoms with Crippen LogP contribution in [0.3, 0.4) is 0 Å². The van der Waals surface area contributed by atoms with Crippen molar-refractivity contribution in [3.8, 4) is 11.4 Å². The maximum absolute atomic E-state index is 11.8. The Morgan fingerprint density at radius 1 is 1.25 bits per heavy atom. The van der Waals surface area contributed by atoms with Crippen LogP contribution >= 0.6 is 0 Å². The van der Waals surface area contributed by atoms with Crippen LogP contribution in [0.5, 0.6) is 0 Å². The summed E-state index contributed by atoms with van der Waals surface area (Å²) < 4.78 is 12.5. The quantitative estimate of drug-likeness (QED) is 0.683. The lowest BCUT2D eigenvalue weighted by Crippen LogP contribution is -2.49. The first-order valence-corrected chi connectivity index (χ1v) is 9.55. The zero-order valence-corrected chi connectivity index (χ0v) is 16.3. The standard InChI is InChI=1S/C19H24N6O3/c1-4-27-19(26)24-9-7-23(8-10-24)18-21-17(22-28-18)14-5-6-15-12-20-25(13(2)3)16(15)11-14/h5-6,11-13H,4,7-10H2,1-3H3. The molecule has 1 saturated heterocycles. The Balaban J connectivity index is 1.50. The largest absolute Gasteiger partial charge is 0.450 e. The van der Waals surface area contributed by atoms with Crippen molar-refractivity contribution in [3.05, 3.63) is 24.4 Å². The molecule has 0 bridgehead atoms. The van der Waals surface area contributed by atoms with E-state index in [-0.39, 0.29) is 12.1 Å². The summed E-state index contributed by atoms with van der Waals surface area (Å²) in [6, 6.07) is 6.77. The van der Waals surface area contributed by atoms with Crippen molar-refractivity contribution in [1.82, 2.24) is 24.8 Å². The Kier molecular flexibility index (Phi) is 4.89. The molecule has 0 radical (unpaired) electrons. The summed E-state index contributed by atoms with van der Waals surface area (Å²) in [5.41, 5.74) is 1.93. The molecule has 4 rings (SSSR count). The molecule has 28 heavy (non-hydrogen) atoms. The SMILES string of the molecule is CCOC(=O)N1CCN(c2nc(-c3ccc4cnn(C(C)C)c4c3)no2)CC1. The topological polar surface area (TPSA) is 89.5 Å². The highest BCUT2D eigenvalue weighted by atomic mass is 16.6. The molecule has 3 heterocycles. The van der Waals surface area contributed by atoms with Crippen LogP contribution in [0.25, 0.3) is 22.3 Å². The Morgan fingerprint density at radius 3 is 2.75 bits per heavy atom. The van der Waals surface area contributed by atoms with E-state index >= 15 is 0 Å². The van der Waals surface area contributed by atoms with Gasteiger partial charge in [-0.25, -0.2) is 4.79 Å². The molecule has 0 spiro atoms. The summed E-state index contributed by atoms with van der Waals surface area (Å²) >= 11 is 0. The average molecular weight is 384 g/mol. The zero-order chi connectivity index (χ0) is 19.7. The minimum Gasteiger partial charge on any atom is -0.450 e. The van der Waals surface area contributed by atoms with Gasteiger partial charge in [0.15, 0.2) is 0 Å². The van der Waals surface area contributed by atoms with E-state index in [1.165, 1.54) is 0 Å². The minimum absolute atomic E-state index is 0.268. The number of piperazine rings is 1. The molecule has 1 fully saturated rings. The number of benzene rings is 1. The molecule has 0 aliphatic carbocycles. The van der Waals surface area contributed by atoms with Gasteiger partial charge in [-0.1, -0.05) is 17.3 Å². The maximum Gasteiger partial charge on any atom is 0.409 e. The van der Waals surface area contributed by atoms with Crippen LogP contribution in [0.15, 0.2) is 28.9 Å². The van der Waals surface area contributed by atoms with Crippen LogP contribution in [0.2, 0.25) is 0 Å². The normalized spacial score (nSPS) is 14.9. The van der Waals surface area contributed by atoms with Crippen molar-refractivity contribution >= 4 is 23.0 Å². The predicted octanol–water partition coefficient (Wildman–Crippen LogP) is 2.95. The van der Waals surface area contributed by atoms with Crippen molar-refractivity contribution in [1.29, 1.82) is 0 Å². The van der Waals surface area contributed by atoms with Gasteiger partial charge in [-0.05, 0) is 26.8 Å². The number of ether oxygens (including phenoxy) is 1. The first-order chi connectivity index (χ1) is 13.6. The van der Waals surface area contributed by atoms with Gasteiger partial charge in [-0.3, -0.25) is 4.68 Å². The summed E-state index contributed by atoms with van der Waals surface area (Å²) in [5.74, 6) is 0.543. The van der Waals surface area contributed by atoms with Gasteiger partial charge in [-0.2, -0.15) is 10.1 Å². The van der Waals surface area contributed by atoms with Crippen LogP contribution in [0.4, 0.5) is 10.8 Å². The highest BCUT2D eigenvalue weighted by molar-refractivity contribution is 5.83. The summed E-state index contributed by atoms with van der Waals surface area (Å²) in [7, 11) is 0. The van der Waals surface area contributed by atoms with E-state index in [0.29, 0.717) is 44.6 Å². The number of hydrogen-bond donors (Lipinski definition) is 0. The molecule has 3 aromatic rings. The third kappa shape index (κ3) is 3.39. The lowest BCUT2D eigenvalue weighted by atomic mass is 10.1. The number of hydrogen-bond acceptors (Lipinski definition) is 7. The van der Waals surface area contributed by atoms with Crippen LogP contribution < -0.4 is 4.90 Å². The summed E-state index contributed by atoms with van der Waals surface area (Å²) in [6.07, 6.45) is 1.59. The second-order valence-electron chi connectivity index (χ2n) is 7.03. The number of rotatable bonds is 4. The first-order valence-electron chi connectivity index (χ1n) is 9.55. The van der Waals surface area contributed by atoms with Crippen molar-refractivity contribution in [2.24, 2.45) is 0 Å². The Bertz CT molecular complexity index is 971. The van der Waals surface area contributed by atoms with E-state index in [4.69, 9.17) is 9.26 Å². The van der Waals surface area contributed by atoms with Gasteiger partial charge < -0.3 is 19.1 Å². The van der Waals surface area contributed by atoms with E-state index in [1.807, 2.05) is 34.0 Å². The fourth-order valence-electron chi connectivity index (χ4n) is 3.34. The molecule has 0 saturated carbocycles. The summed E-state index contributed by atoms with van der Waals surface area (Å²) in [4.78, 5) is 20.1. The third-order valence-corrected chi connectivity index (χ3v) is 4.84. The van der Waals surface area contributed by atoms with E-state index in [1.54, 1.807) is 11.8 Å². The fourth-order valence-corrected chi connectivity index (χ4v) is 3.34. The lowest BCUT2D eigenvalue weighted by Gasteiger charge is -2.32. The van der Waals surface area contributed by atoms with E-state index in [9.17, 15) is 4.79 Å². The highest BCUT2D eigenvalue weighted by Gasteiger charge is 2.25. The third-order valence-electron chi connectivity index (χ3n) is 4.84. The lowest BCUT2D eigenvalue weighted by molar-refractivity contribution is 0.104. The van der Waals surface area contributed by atoms with E-state index < -0.39 is 0 Å². The number of nitrogens with zero attached hydrogens (tertiary/aromatic N) is 6. The number of aromatic nitrogens is 4. The van der Waals surface area contributed by atoms with Crippen molar-refractivity contribution in [2.75, 3.05) is 37.7 Å². The van der Waals surface area contributed by atoms with Crippen LogP contribution in [0, 0.1) is 0 Å². The molecule has 148 valence electrons. The van der Waals surface area contributed by atoms with Crippen molar-refractivity contribution in [3.63, 3.8) is 0 Å². The van der Waals surface area contributed by atoms with Gasteiger partial charge in [0.05, 0.1) is 18.3 Å². The molecule has 1 amide bonds. The molecule has 9 heteroatoms. The molecule has 0 unspecified atom stereocenters. The van der Waals surface area contributed by atoms with Crippen molar-refractivity contribution < 1.29 is 14.1 Å². The first kappa shape index (κ1) is 18.3.